The first kappa shape index (κ1) is 22.8. The molecule has 172 valence electrons. The first-order valence-electron chi connectivity index (χ1n) is 10.9. The van der Waals surface area contributed by atoms with Crippen molar-refractivity contribution in [3.8, 4) is 0 Å². The van der Waals surface area contributed by atoms with E-state index in [1.54, 1.807) is 42.9 Å². The summed E-state index contributed by atoms with van der Waals surface area (Å²) in [7, 11) is 0. The quantitative estimate of drug-likeness (QED) is 0.262. The minimum Gasteiger partial charge on any atom is -0.360 e. The monoisotopic (exact) mass is 455 g/mol. The van der Waals surface area contributed by atoms with Crippen LogP contribution in [0.25, 0.3) is 0 Å². The number of hydrogen-bond acceptors (Lipinski definition) is 7. The van der Waals surface area contributed by atoms with Crippen molar-refractivity contribution in [2.24, 2.45) is 5.41 Å². The van der Waals surface area contributed by atoms with Gasteiger partial charge in [0.1, 0.15) is 17.5 Å². The summed E-state index contributed by atoms with van der Waals surface area (Å²) >= 11 is 0. The summed E-state index contributed by atoms with van der Waals surface area (Å²) in [6.45, 7) is 3.97. The third-order valence-electron chi connectivity index (χ3n) is 5.61. The summed E-state index contributed by atoms with van der Waals surface area (Å²) in [5.41, 5.74) is 0.534. The maximum atomic E-state index is 13.0. The van der Waals surface area contributed by atoms with E-state index in [-0.39, 0.29) is 17.3 Å². The predicted octanol–water partition coefficient (Wildman–Crippen LogP) is 3.25. The second kappa shape index (κ2) is 9.66. The molecule has 4 rings (SSSR count). The molecule has 2 heterocycles. The van der Waals surface area contributed by atoms with Crippen molar-refractivity contribution in [1.82, 2.24) is 15.3 Å². The van der Waals surface area contributed by atoms with Gasteiger partial charge >= 0.3 is 0 Å². The van der Waals surface area contributed by atoms with Crippen molar-refractivity contribution in [3.63, 3.8) is 0 Å². The Morgan fingerprint density at radius 2 is 1.56 bits per heavy atom. The number of amides is 1. The Morgan fingerprint density at radius 1 is 0.882 bits per heavy atom. The average Bonchev–Trinajstić information content (AvgIpc) is 2.86. The molecular weight excluding hydrogens is 430 g/mol. The highest BCUT2D eigenvalue weighted by Gasteiger charge is 2.34. The van der Waals surface area contributed by atoms with Gasteiger partial charge in [0.25, 0.3) is 16.8 Å². The van der Waals surface area contributed by atoms with Gasteiger partial charge in [0.05, 0.1) is 17.4 Å². The SMILES string of the molecule is CC(C)(Cc1ccccc1)C(NC(=O)c1cccnc1)Nc1c(Nc2cccnc2)c(=O)c1=O. The van der Waals surface area contributed by atoms with Crippen molar-refractivity contribution < 1.29 is 4.79 Å². The molecule has 0 saturated carbocycles. The van der Waals surface area contributed by atoms with Gasteiger partial charge in [-0.2, -0.15) is 0 Å². The third-order valence-corrected chi connectivity index (χ3v) is 5.61. The molecule has 8 nitrogen and oxygen atoms in total. The molecule has 0 fully saturated rings. The number of hydrogen-bond donors (Lipinski definition) is 3. The molecule has 2 aromatic carbocycles. The smallest absolute Gasteiger partial charge is 0.254 e. The van der Waals surface area contributed by atoms with Crippen LogP contribution in [0.4, 0.5) is 17.1 Å². The van der Waals surface area contributed by atoms with Gasteiger partial charge in [0, 0.05) is 24.0 Å². The number of pyridine rings is 2. The van der Waals surface area contributed by atoms with Crippen molar-refractivity contribution in [2.75, 3.05) is 10.6 Å². The summed E-state index contributed by atoms with van der Waals surface area (Å²) in [6, 6.07) is 16.7. The molecule has 0 bridgehead atoms. The minimum absolute atomic E-state index is 0.131. The van der Waals surface area contributed by atoms with Crippen LogP contribution in [0.3, 0.4) is 0 Å². The molecule has 8 heteroatoms. The molecule has 0 saturated heterocycles. The van der Waals surface area contributed by atoms with Crippen molar-refractivity contribution >= 4 is 23.0 Å². The molecule has 0 spiro atoms. The van der Waals surface area contributed by atoms with E-state index in [1.807, 2.05) is 44.2 Å². The van der Waals surface area contributed by atoms with Crippen molar-refractivity contribution in [3.05, 3.63) is 111 Å². The van der Waals surface area contributed by atoms with Crippen molar-refractivity contribution in [2.45, 2.75) is 26.4 Å². The number of benzene rings is 1. The fraction of sp³-hybridized carbons (Fsp3) is 0.192. The van der Waals surface area contributed by atoms with E-state index in [0.29, 0.717) is 17.7 Å². The fourth-order valence-corrected chi connectivity index (χ4v) is 3.74. The van der Waals surface area contributed by atoms with Crippen LogP contribution in [0.2, 0.25) is 0 Å². The highest BCUT2D eigenvalue weighted by Crippen LogP contribution is 2.29. The van der Waals surface area contributed by atoms with Crippen LogP contribution in [0.15, 0.2) is 89.0 Å². The third kappa shape index (κ3) is 5.01. The molecule has 0 radical (unpaired) electrons. The van der Waals surface area contributed by atoms with Crippen LogP contribution in [0, 0.1) is 5.41 Å². The molecule has 1 amide bonds. The molecule has 0 aliphatic rings. The van der Waals surface area contributed by atoms with Gasteiger partial charge in [-0.15, -0.1) is 0 Å². The lowest BCUT2D eigenvalue weighted by Gasteiger charge is -2.37. The normalized spacial score (nSPS) is 12.2. The van der Waals surface area contributed by atoms with E-state index in [9.17, 15) is 14.4 Å². The zero-order valence-electron chi connectivity index (χ0n) is 18.9. The van der Waals surface area contributed by atoms with Gasteiger partial charge in [0.2, 0.25) is 0 Å². The van der Waals surface area contributed by atoms with E-state index in [2.05, 4.69) is 25.9 Å². The van der Waals surface area contributed by atoms with E-state index in [4.69, 9.17) is 0 Å². The Kier molecular flexibility index (Phi) is 6.49. The lowest BCUT2D eigenvalue weighted by molar-refractivity contribution is 0.0906. The van der Waals surface area contributed by atoms with Gasteiger partial charge < -0.3 is 16.0 Å². The summed E-state index contributed by atoms with van der Waals surface area (Å²) in [4.78, 5) is 45.8. The highest BCUT2D eigenvalue weighted by molar-refractivity contribution is 5.94. The Balaban J connectivity index is 1.63. The molecule has 4 aromatic rings. The lowest BCUT2D eigenvalue weighted by atomic mass is 9.82. The molecule has 0 aliphatic heterocycles. The second-order valence-electron chi connectivity index (χ2n) is 8.72. The Morgan fingerprint density at radius 3 is 2.21 bits per heavy atom. The maximum Gasteiger partial charge on any atom is 0.254 e. The van der Waals surface area contributed by atoms with Gasteiger partial charge in [-0.3, -0.25) is 24.4 Å². The molecule has 1 atom stereocenters. The molecule has 1 unspecified atom stereocenters. The highest BCUT2D eigenvalue weighted by atomic mass is 16.2. The molecule has 2 aromatic heterocycles. The van der Waals surface area contributed by atoms with Crippen LogP contribution in [0.5, 0.6) is 0 Å². The zero-order chi connectivity index (χ0) is 24.1. The Bertz CT molecular complexity index is 1330. The van der Waals surface area contributed by atoms with Gasteiger partial charge in [-0.05, 0) is 36.2 Å². The molecular formula is C26H25N5O3. The van der Waals surface area contributed by atoms with E-state index >= 15 is 0 Å². The summed E-state index contributed by atoms with van der Waals surface area (Å²) in [6.07, 6.45) is 6.18. The van der Waals surface area contributed by atoms with Gasteiger partial charge in [0.15, 0.2) is 0 Å². The topological polar surface area (TPSA) is 113 Å². The summed E-state index contributed by atoms with van der Waals surface area (Å²) < 4.78 is 0. The Labute approximate surface area is 196 Å². The van der Waals surface area contributed by atoms with Crippen LogP contribution >= 0.6 is 0 Å². The van der Waals surface area contributed by atoms with Crippen LogP contribution in [-0.4, -0.2) is 22.0 Å². The average molecular weight is 456 g/mol. The molecule has 3 N–H and O–H groups in total. The van der Waals surface area contributed by atoms with Gasteiger partial charge in [-0.25, -0.2) is 0 Å². The summed E-state index contributed by atoms with van der Waals surface area (Å²) in [5.74, 6) is -0.341. The summed E-state index contributed by atoms with van der Waals surface area (Å²) in [5, 5.41) is 9.09. The van der Waals surface area contributed by atoms with Gasteiger partial charge in [-0.1, -0.05) is 44.2 Å². The van der Waals surface area contributed by atoms with E-state index in [0.717, 1.165) is 5.56 Å². The number of nitrogens with zero attached hydrogens (tertiary/aromatic N) is 2. The number of nitrogens with one attached hydrogen (secondary N) is 3. The number of carbonyl (C=O) groups is 1. The predicted molar refractivity (Wildman–Crippen MR) is 132 cm³/mol. The van der Waals surface area contributed by atoms with E-state index < -0.39 is 22.4 Å². The van der Waals surface area contributed by atoms with Crippen LogP contribution in [0.1, 0.15) is 29.8 Å². The first-order chi connectivity index (χ1) is 16.3. The first-order valence-corrected chi connectivity index (χ1v) is 10.9. The Hall–Kier alpha value is -4.33. The van der Waals surface area contributed by atoms with Crippen LogP contribution < -0.4 is 26.8 Å². The molecule has 34 heavy (non-hydrogen) atoms. The number of aromatic nitrogens is 2. The number of rotatable bonds is 9. The maximum absolute atomic E-state index is 13.0. The fourth-order valence-electron chi connectivity index (χ4n) is 3.74. The van der Waals surface area contributed by atoms with E-state index in [1.165, 1.54) is 6.20 Å². The lowest BCUT2D eigenvalue weighted by Crippen LogP contribution is -2.53. The zero-order valence-corrected chi connectivity index (χ0v) is 18.9. The standard InChI is InChI=1S/C26H25N5O3/c1-26(2,14-17-8-4-3-5-9-17)25(31-24(34)18-10-6-12-27-15-18)30-21-20(22(32)23(21)33)29-19-11-7-13-28-16-19/h3-13,15-16,25,29-30H,14H2,1-2H3,(H,31,34). The minimum atomic E-state index is -0.668. The van der Waals surface area contributed by atoms with Crippen LogP contribution in [-0.2, 0) is 6.42 Å². The number of carbonyl (C=O) groups excluding carboxylic acids is 1. The molecule has 0 aliphatic carbocycles. The number of anilines is 3. The second-order valence-corrected chi connectivity index (χ2v) is 8.72. The van der Waals surface area contributed by atoms with Crippen molar-refractivity contribution in [1.29, 1.82) is 0 Å². The largest absolute Gasteiger partial charge is 0.360 e.